The lowest BCUT2D eigenvalue weighted by atomic mass is 9.97. The number of benzene rings is 1. The average Bonchev–Trinajstić information content (AvgIpc) is 2.93. The summed E-state index contributed by atoms with van der Waals surface area (Å²) in [6.45, 7) is 5.77. The average molecular weight is 281 g/mol. The Labute approximate surface area is 125 Å². The predicted molar refractivity (Wildman–Crippen MR) is 85.7 cm³/mol. The van der Waals surface area contributed by atoms with Crippen LogP contribution in [0.4, 0.5) is 0 Å². The van der Waals surface area contributed by atoms with Gasteiger partial charge in [0.05, 0.1) is 4.92 Å². The molecule has 3 heteroatoms. The molecule has 1 aliphatic rings. The van der Waals surface area contributed by atoms with Gasteiger partial charge in [0.1, 0.15) is 0 Å². The van der Waals surface area contributed by atoms with Gasteiger partial charge in [0.15, 0.2) is 0 Å². The van der Waals surface area contributed by atoms with E-state index in [9.17, 15) is 10.1 Å². The van der Waals surface area contributed by atoms with E-state index in [2.05, 4.69) is 43.8 Å². The number of aryl methyl sites for hydroxylation is 1. The maximum Gasteiger partial charge on any atom is 0.235 e. The van der Waals surface area contributed by atoms with Gasteiger partial charge in [-0.3, -0.25) is 10.1 Å². The molecular weight excluding hydrogens is 262 g/mol. The molecule has 0 amide bonds. The highest BCUT2D eigenvalue weighted by Crippen LogP contribution is 2.36. The van der Waals surface area contributed by atoms with Crippen LogP contribution in [0.1, 0.15) is 29.9 Å². The van der Waals surface area contributed by atoms with Gasteiger partial charge >= 0.3 is 0 Å². The van der Waals surface area contributed by atoms with Crippen molar-refractivity contribution in [1.82, 2.24) is 0 Å². The van der Waals surface area contributed by atoms with Crippen molar-refractivity contribution in [2.24, 2.45) is 0 Å². The minimum Gasteiger partial charge on any atom is -0.259 e. The fourth-order valence-electron chi connectivity index (χ4n) is 2.66. The number of allylic oxidation sites excluding steroid dienone is 6. The molecule has 1 aliphatic carbocycles. The third kappa shape index (κ3) is 4.02. The molecule has 0 aliphatic heterocycles. The zero-order chi connectivity index (χ0) is 15.2. The molecule has 0 saturated heterocycles. The van der Waals surface area contributed by atoms with Gasteiger partial charge in [-0.1, -0.05) is 54.6 Å². The molecular formula is C18H19NO2. The minimum absolute atomic E-state index is 0.386. The van der Waals surface area contributed by atoms with Crippen molar-refractivity contribution >= 4 is 0 Å². The van der Waals surface area contributed by atoms with Crippen LogP contribution in [0, 0.1) is 17.0 Å². The van der Waals surface area contributed by atoms with Crippen LogP contribution in [0.2, 0.25) is 0 Å². The van der Waals surface area contributed by atoms with Crippen LogP contribution in [0.3, 0.4) is 0 Å². The van der Waals surface area contributed by atoms with Crippen molar-refractivity contribution in [2.75, 3.05) is 0 Å². The molecule has 0 bridgehead atoms. The molecule has 2 rings (SSSR count). The van der Waals surface area contributed by atoms with Crippen LogP contribution in [0.15, 0.2) is 72.5 Å². The number of hydrogen-bond donors (Lipinski definition) is 0. The first-order chi connectivity index (χ1) is 10.1. The summed E-state index contributed by atoms with van der Waals surface area (Å²) in [6.07, 6.45) is 10.2. The molecule has 1 aromatic rings. The molecule has 1 unspecified atom stereocenters. The second kappa shape index (κ2) is 6.84. The molecule has 0 saturated carbocycles. The quantitative estimate of drug-likeness (QED) is 0.446. The SMILES string of the molecule is C=C/C=C(\C=C\[N+](=O)[O-])C1=CC(c2cccc(C)c2)CC1. The van der Waals surface area contributed by atoms with Crippen molar-refractivity contribution in [1.29, 1.82) is 0 Å². The first kappa shape index (κ1) is 15.0. The Hall–Kier alpha value is -2.42. The van der Waals surface area contributed by atoms with Crippen molar-refractivity contribution in [2.45, 2.75) is 25.7 Å². The van der Waals surface area contributed by atoms with Gasteiger partial charge in [0, 0.05) is 12.0 Å². The van der Waals surface area contributed by atoms with Crippen LogP contribution in [-0.2, 0) is 0 Å². The highest BCUT2D eigenvalue weighted by Gasteiger charge is 2.19. The minimum atomic E-state index is -0.440. The summed E-state index contributed by atoms with van der Waals surface area (Å²) >= 11 is 0. The maximum atomic E-state index is 10.5. The summed E-state index contributed by atoms with van der Waals surface area (Å²) in [5, 5.41) is 10.5. The molecule has 0 radical (unpaired) electrons. The molecule has 1 aromatic carbocycles. The summed E-state index contributed by atoms with van der Waals surface area (Å²) in [7, 11) is 0. The van der Waals surface area contributed by atoms with Gasteiger partial charge in [-0.25, -0.2) is 0 Å². The van der Waals surface area contributed by atoms with Crippen LogP contribution < -0.4 is 0 Å². The molecule has 1 atom stereocenters. The van der Waals surface area contributed by atoms with E-state index in [4.69, 9.17) is 0 Å². The Kier molecular flexibility index (Phi) is 4.88. The zero-order valence-electron chi connectivity index (χ0n) is 12.2. The monoisotopic (exact) mass is 281 g/mol. The normalized spacial score (nSPS) is 18.8. The Morgan fingerprint density at radius 3 is 2.95 bits per heavy atom. The number of rotatable bonds is 5. The summed E-state index contributed by atoms with van der Waals surface area (Å²) in [5.41, 5.74) is 4.59. The highest BCUT2D eigenvalue weighted by molar-refractivity contribution is 5.46. The van der Waals surface area contributed by atoms with Gasteiger partial charge < -0.3 is 0 Å². The lowest BCUT2D eigenvalue weighted by Crippen LogP contribution is -1.90. The van der Waals surface area contributed by atoms with Gasteiger partial charge in [0.25, 0.3) is 0 Å². The first-order valence-electron chi connectivity index (χ1n) is 7.02. The van der Waals surface area contributed by atoms with E-state index < -0.39 is 4.92 Å². The van der Waals surface area contributed by atoms with E-state index in [0.717, 1.165) is 30.2 Å². The van der Waals surface area contributed by atoms with Crippen molar-refractivity contribution < 1.29 is 4.92 Å². The van der Waals surface area contributed by atoms with Crippen LogP contribution in [0.5, 0.6) is 0 Å². The van der Waals surface area contributed by atoms with Gasteiger partial charge in [-0.15, -0.1) is 0 Å². The highest BCUT2D eigenvalue weighted by atomic mass is 16.6. The molecule has 0 heterocycles. The van der Waals surface area contributed by atoms with Crippen LogP contribution >= 0.6 is 0 Å². The van der Waals surface area contributed by atoms with E-state index in [0.29, 0.717) is 5.92 Å². The fraction of sp³-hybridized carbons (Fsp3) is 0.222. The first-order valence-corrected chi connectivity index (χ1v) is 7.02. The van der Waals surface area contributed by atoms with E-state index in [-0.39, 0.29) is 0 Å². The Morgan fingerprint density at radius 2 is 2.29 bits per heavy atom. The molecule has 0 aromatic heterocycles. The van der Waals surface area contributed by atoms with Gasteiger partial charge in [0.2, 0.25) is 6.20 Å². The lowest BCUT2D eigenvalue weighted by Gasteiger charge is -2.07. The zero-order valence-corrected chi connectivity index (χ0v) is 12.2. The molecule has 0 spiro atoms. The third-order valence-corrected chi connectivity index (χ3v) is 3.64. The summed E-state index contributed by atoms with van der Waals surface area (Å²) in [5.74, 6) is 0.386. The summed E-state index contributed by atoms with van der Waals surface area (Å²) < 4.78 is 0. The summed E-state index contributed by atoms with van der Waals surface area (Å²) in [6, 6.07) is 8.50. The van der Waals surface area contributed by atoms with Gasteiger partial charge in [-0.05, 0) is 36.5 Å². The van der Waals surface area contributed by atoms with Crippen LogP contribution in [-0.4, -0.2) is 4.92 Å². The molecule has 0 fully saturated rings. The maximum absolute atomic E-state index is 10.5. The second-order valence-corrected chi connectivity index (χ2v) is 5.21. The van der Waals surface area contributed by atoms with Crippen LogP contribution in [0.25, 0.3) is 0 Å². The Balaban J connectivity index is 2.24. The number of nitro groups is 1. The fourth-order valence-corrected chi connectivity index (χ4v) is 2.66. The molecule has 21 heavy (non-hydrogen) atoms. The Morgan fingerprint density at radius 1 is 1.48 bits per heavy atom. The van der Waals surface area contributed by atoms with E-state index >= 15 is 0 Å². The Bertz CT molecular complexity index is 638. The van der Waals surface area contributed by atoms with E-state index in [1.807, 2.05) is 6.08 Å². The third-order valence-electron chi connectivity index (χ3n) is 3.64. The smallest absolute Gasteiger partial charge is 0.235 e. The van der Waals surface area contributed by atoms with E-state index in [1.54, 1.807) is 12.2 Å². The molecule has 0 N–H and O–H groups in total. The predicted octanol–water partition coefficient (Wildman–Crippen LogP) is 4.70. The number of nitrogens with zero attached hydrogens (tertiary/aromatic N) is 1. The van der Waals surface area contributed by atoms with Crippen molar-refractivity contribution in [3.8, 4) is 0 Å². The summed E-state index contributed by atoms with van der Waals surface area (Å²) in [4.78, 5) is 10.1. The van der Waals surface area contributed by atoms with E-state index in [1.165, 1.54) is 11.1 Å². The standard InChI is InChI=1S/C18H19NO2/c1-3-5-15(10-11-19(20)21)17-8-9-18(13-17)16-7-4-6-14(2)12-16/h3-7,10-13,18H,1,8-9H2,2H3/b11-10+,15-5+. The topological polar surface area (TPSA) is 43.1 Å². The largest absolute Gasteiger partial charge is 0.259 e. The number of hydrogen-bond acceptors (Lipinski definition) is 2. The van der Waals surface area contributed by atoms with Crippen molar-refractivity contribution in [3.63, 3.8) is 0 Å². The van der Waals surface area contributed by atoms with Gasteiger partial charge in [-0.2, -0.15) is 0 Å². The molecule has 3 nitrogen and oxygen atoms in total. The molecule has 108 valence electrons. The lowest BCUT2D eigenvalue weighted by molar-refractivity contribution is -0.402. The second-order valence-electron chi connectivity index (χ2n) is 5.21. The van der Waals surface area contributed by atoms with Crippen molar-refractivity contribution in [3.05, 3.63) is 93.7 Å².